The summed E-state index contributed by atoms with van der Waals surface area (Å²) in [6, 6.07) is 17.7. The number of nitrogens with zero attached hydrogens (tertiary/aromatic N) is 3. The second kappa shape index (κ2) is 10.7. The van der Waals surface area contributed by atoms with Gasteiger partial charge in [-0.2, -0.15) is 5.10 Å². The second-order valence-corrected chi connectivity index (χ2v) is 8.67. The molecule has 2 aromatic carbocycles. The number of rotatable bonds is 7. The molecule has 7 nitrogen and oxygen atoms in total. The Balaban J connectivity index is 1.85. The summed E-state index contributed by atoms with van der Waals surface area (Å²) < 4.78 is 11.6. The van der Waals surface area contributed by atoms with Gasteiger partial charge in [0.05, 0.1) is 19.9 Å². The lowest BCUT2D eigenvalue weighted by molar-refractivity contribution is 0.0549. The van der Waals surface area contributed by atoms with Crippen LogP contribution in [0.2, 0.25) is 0 Å². The van der Waals surface area contributed by atoms with Crippen LogP contribution >= 0.6 is 0 Å². The number of aromatic nitrogens is 2. The van der Waals surface area contributed by atoms with Crippen LogP contribution in [-0.4, -0.2) is 53.9 Å². The van der Waals surface area contributed by atoms with E-state index in [2.05, 4.69) is 18.0 Å². The zero-order chi connectivity index (χ0) is 24.1. The van der Waals surface area contributed by atoms with Crippen molar-refractivity contribution in [3.05, 3.63) is 71.4 Å². The Morgan fingerprint density at radius 3 is 2.26 bits per heavy atom. The fraction of sp³-hybridized carbons (Fsp3) is 0.370. The van der Waals surface area contributed by atoms with E-state index in [-0.39, 0.29) is 11.3 Å². The molecule has 1 heterocycles. The minimum atomic E-state index is -0.653. The van der Waals surface area contributed by atoms with Gasteiger partial charge in [0.25, 0.3) is 0 Å². The Morgan fingerprint density at radius 2 is 1.59 bits per heavy atom. The zero-order valence-corrected chi connectivity index (χ0v) is 20.0. The molecule has 0 aliphatic heterocycles. The third kappa shape index (κ3) is 4.75. The minimum Gasteiger partial charge on any atom is -0.465 e. The van der Waals surface area contributed by atoms with Crippen LogP contribution in [0.15, 0.2) is 54.6 Å². The molecule has 3 aromatic rings. The summed E-state index contributed by atoms with van der Waals surface area (Å²) in [5, 5.41) is 4.77. The first-order valence-corrected chi connectivity index (χ1v) is 11.7. The van der Waals surface area contributed by atoms with Crippen molar-refractivity contribution in [2.75, 3.05) is 21.3 Å². The molecule has 1 saturated carbocycles. The maximum atomic E-state index is 13.0. The average Bonchev–Trinajstić information content (AvgIpc) is 3.29. The molecular formula is C27H31N3O4. The minimum absolute atomic E-state index is 0.0472. The predicted octanol–water partition coefficient (Wildman–Crippen LogP) is 4.88. The van der Waals surface area contributed by atoms with Crippen molar-refractivity contribution in [2.24, 2.45) is 0 Å². The Bertz CT molecular complexity index is 1150. The van der Waals surface area contributed by atoms with Gasteiger partial charge in [0.15, 0.2) is 5.69 Å². The van der Waals surface area contributed by atoms with Gasteiger partial charge in [-0.05, 0) is 37.6 Å². The molecule has 7 heteroatoms. The lowest BCUT2D eigenvalue weighted by atomic mass is 9.93. The smallest absolute Gasteiger partial charge is 0.357 e. The number of carbonyl (C=O) groups excluding carboxylic acids is 2. The molecule has 0 saturated heterocycles. The number of esters is 2. The summed E-state index contributed by atoms with van der Waals surface area (Å²) >= 11 is 0. The van der Waals surface area contributed by atoms with E-state index in [1.807, 2.05) is 48.5 Å². The number of para-hydroxylation sites is 1. The van der Waals surface area contributed by atoms with Crippen molar-refractivity contribution in [1.82, 2.24) is 14.7 Å². The monoisotopic (exact) mass is 461 g/mol. The molecular weight excluding hydrogens is 430 g/mol. The van der Waals surface area contributed by atoms with Crippen LogP contribution in [0.5, 0.6) is 0 Å². The van der Waals surface area contributed by atoms with Crippen molar-refractivity contribution < 1.29 is 19.1 Å². The van der Waals surface area contributed by atoms with Gasteiger partial charge in [0.1, 0.15) is 11.3 Å². The molecule has 1 aliphatic carbocycles. The number of ether oxygens (including phenoxy) is 2. The second-order valence-electron chi connectivity index (χ2n) is 8.67. The first kappa shape index (κ1) is 23.7. The van der Waals surface area contributed by atoms with Gasteiger partial charge in [-0.3, -0.25) is 4.90 Å². The molecule has 4 rings (SSSR count). The molecule has 1 fully saturated rings. The first-order chi connectivity index (χ1) is 16.5. The van der Waals surface area contributed by atoms with Gasteiger partial charge < -0.3 is 9.47 Å². The highest BCUT2D eigenvalue weighted by Gasteiger charge is 2.32. The molecule has 1 aliphatic rings. The van der Waals surface area contributed by atoms with E-state index in [9.17, 15) is 9.59 Å². The van der Waals surface area contributed by atoms with Gasteiger partial charge in [-0.15, -0.1) is 0 Å². The Kier molecular flexibility index (Phi) is 7.43. The highest BCUT2D eigenvalue weighted by molar-refractivity contribution is 6.07. The van der Waals surface area contributed by atoms with Crippen molar-refractivity contribution in [3.8, 4) is 16.9 Å². The maximum Gasteiger partial charge on any atom is 0.357 e. The predicted molar refractivity (Wildman–Crippen MR) is 130 cm³/mol. The molecule has 0 radical (unpaired) electrons. The lowest BCUT2D eigenvalue weighted by Gasteiger charge is -2.31. The quantitative estimate of drug-likeness (QED) is 0.467. The van der Waals surface area contributed by atoms with Crippen LogP contribution < -0.4 is 0 Å². The Labute approximate surface area is 200 Å². The topological polar surface area (TPSA) is 73.7 Å². The van der Waals surface area contributed by atoms with Crippen LogP contribution in [0, 0.1) is 0 Å². The Hall–Kier alpha value is -3.45. The summed E-state index contributed by atoms with van der Waals surface area (Å²) in [7, 11) is 4.74. The van der Waals surface area contributed by atoms with Crippen LogP contribution in [-0.2, 0) is 16.0 Å². The van der Waals surface area contributed by atoms with E-state index in [1.165, 1.54) is 51.0 Å². The van der Waals surface area contributed by atoms with E-state index in [4.69, 9.17) is 14.6 Å². The molecule has 34 heavy (non-hydrogen) atoms. The van der Waals surface area contributed by atoms with E-state index >= 15 is 0 Å². The summed E-state index contributed by atoms with van der Waals surface area (Å²) in [6.45, 7) is 0.715. The number of carbonyl (C=O) groups is 2. The third-order valence-corrected chi connectivity index (χ3v) is 6.54. The van der Waals surface area contributed by atoms with Crippen LogP contribution in [0.4, 0.5) is 0 Å². The maximum absolute atomic E-state index is 13.0. The highest BCUT2D eigenvalue weighted by Crippen LogP contribution is 2.33. The largest absolute Gasteiger partial charge is 0.465 e. The van der Waals surface area contributed by atoms with Gasteiger partial charge in [-0.25, -0.2) is 14.3 Å². The number of hydrogen-bond donors (Lipinski definition) is 0. The third-order valence-electron chi connectivity index (χ3n) is 6.54. The fourth-order valence-corrected chi connectivity index (χ4v) is 4.75. The SMILES string of the molecule is COC(=O)c1c(-c2ccccc2CN(C)C2CCCCC2)nn(-c2ccccc2)c1C(=O)OC. The highest BCUT2D eigenvalue weighted by atomic mass is 16.5. The zero-order valence-electron chi connectivity index (χ0n) is 20.0. The molecule has 0 unspecified atom stereocenters. The van der Waals surface area contributed by atoms with E-state index in [0.717, 1.165) is 11.1 Å². The normalized spacial score (nSPS) is 14.2. The summed E-state index contributed by atoms with van der Waals surface area (Å²) in [6.07, 6.45) is 6.21. The van der Waals surface area contributed by atoms with E-state index < -0.39 is 11.9 Å². The van der Waals surface area contributed by atoms with Crippen molar-refractivity contribution in [2.45, 2.75) is 44.7 Å². The molecule has 1 aromatic heterocycles. The average molecular weight is 462 g/mol. The van der Waals surface area contributed by atoms with Gasteiger partial charge >= 0.3 is 11.9 Å². The molecule has 0 atom stereocenters. The van der Waals surface area contributed by atoms with Crippen LogP contribution in [0.3, 0.4) is 0 Å². The van der Waals surface area contributed by atoms with Crippen molar-refractivity contribution >= 4 is 11.9 Å². The summed E-state index contributed by atoms with van der Waals surface area (Å²) in [5.74, 6) is -1.28. The number of methoxy groups -OCH3 is 2. The fourth-order valence-electron chi connectivity index (χ4n) is 4.75. The number of benzene rings is 2. The van der Waals surface area contributed by atoms with Gasteiger partial charge in [-0.1, -0.05) is 61.7 Å². The van der Waals surface area contributed by atoms with Gasteiger partial charge in [0.2, 0.25) is 0 Å². The van der Waals surface area contributed by atoms with E-state index in [0.29, 0.717) is 24.0 Å². The Morgan fingerprint density at radius 1 is 0.941 bits per heavy atom. The standard InChI is InChI=1S/C27H31N3O4/c1-29(20-13-6-4-7-14-20)18-19-12-10-11-17-22(19)24-23(26(31)33-2)25(27(32)34-3)30(28-24)21-15-8-5-9-16-21/h5,8-12,15-17,20H,4,6-7,13-14,18H2,1-3H3. The summed E-state index contributed by atoms with van der Waals surface area (Å²) in [4.78, 5) is 28.2. The molecule has 178 valence electrons. The van der Waals surface area contributed by atoms with Crippen LogP contribution in [0.1, 0.15) is 58.5 Å². The first-order valence-electron chi connectivity index (χ1n) is 11.7. The van der Waals surface area contributed by atoms with E-state index in [1.54, 1.807) is 0 Å². The van der Waals surface area contributed by atoms with Crippen LogP contribution in [0.25, 0.3) is 16.9 Å². The molecule has 0 N–H and O–H groups in total. The molecule has 0 amide bonds. The molecule has 0 bridgehead atoms. The van der Waals surface area contributed by atoms with Crippen molar-refractivity contribution in [3.63, 3.8) is 0 Å². The molecule has 0 spiro atoms. The van der Waals surface area contributed by atoms with Crippen molar-refractivity contribution in [1.29, 1.82) is 0 Å². The summed E-state index contributed by atoms with van der Waals surface area (Å²) in [5.41, 5.74) is 3.04. The van der Waals surface area contributed by atoms with Gasteiger partial charge in [0, 0.05) is 18.2 Å². The lowest BCUT2D eigenvalue weighted by Crippen LogP contribution is -2.33. The number of hydrogen-bond acceptors (Lipinski definition) is 6.